The number of benzene rings is 2. The monoisotopic (exact) mass is 346 g/mol. The highest BCUT2D eigenvalue weighted by atomic mass is 35.5. The summed E-state index contributed by atoms with van der Waals surface area (Å²) in [6.07, 6.45) is -4.46. The van der Waals surface area contributed by atoms with Crippen LogP contribution >= 0.6 is 23.2 Å². The average molecular weight is 347 g/mol. The van der Waals surface area contributed by atoms with Crippen LogP contribution in [-0.2, 0) is 6.18 Å². The number of nitrogens with zero attached hydrogens (tertiary/aromatic N) is 1. The fourth-order valence-corrected chi connectivity index (χ4v) is 2.23. The fourth-order valence-electron chi connectivity index (χ4n) is 1.81. The molecule has 2 nitrogen and oxygen atoms in total. The van der Waals surface area contributed by atoms with Crippen LogP contribution in [0.25, 0.3) is 0 Å². The molecule has 0 spiro atoms. The Hall–Kier alpha value is -1.72. The van der Waals surface area contributed by atoms with E-state index in [1.54, 1.807) is 25.1 Å². The van der Waals surface area contributed by atoms with Crippen molar-refractivity contribution in [1.29, 1.82) is 0 Å². The molecule has 0 amide bonds. The van der Waals surface area contributed by atoms with Gasteiger partial charge in [0.15, 0.2) is 0 Å². The maximum absolute atomic E-state index is 12.9. The number of rotatable bonds is 3. The van der Waals surface area contributed by atoms with E-state index in [2.05, 4.69) is 10.5 Å². The van der Waals surface area contributed by atoms with Gasteiger partial charge in [-0.2, -0.15) is 18.3 Å². The molecule has 1 N–H and O–H groups in total. The molecular formula is C15H11Cl2F3N2. The highest BCUT2D eigenvalue weighted by Crippen LogP contribution is 2.34. The van der Waals surface area contributed by atoms with E-state index < -0.39 is 11.7 Å². The van der Waals surface area contributed by atoms with Gasteiger partial charge in [0, 0.05) is 15.6 Å². The van der Waals surface area contributed by atoms with Crippen molar-refractivity contribution in [2.75, 3.05) is 5.43 Å². The lowest BCUT2D eigenvalue weighted by Gasteiger charge is -2.12. The first-order valence-corrected chi connectivity index (χ1v) is 6.96. The van der Waals surface area contributed by atoms with Gasteiger partial charge in [-0.05, 0) is 37.3 Å². The van der Waals surface area contributed by atoms with Gasteiger partial charge < -0.3 is 0 Å². The van der Waals surface area contributed by atoms with E-state index in [1.165, 1.54) is 18.2 Å². The van der Waals surface area contributed by atoms with Gasteiger partial charge in [-0.25, -0.2) is 0 Å². The van der Waals surface area contributed by atoms with Crippen molar-refractivity contribution < 1.29 is 13.2 Å². The van der Waals surface area contributed by atoms with Gasteiger partial charge in [0.05, 0.1) is 17.0 Å². The maximum Gasteiger partial charge on any atom is 0.418 e. The summed E-state index contributed by atoms with van der Waals surface area (Å²) in [5.74, 6) is 0. The van der Waals surface area contributed by atoms with Crippen molar-refractivity contribution in [2.45, 2.75) is 13.1 Å². The van der Waals surface area contributed by atoms with Gasteiger partial charge in [0.25, 0.3) is 0 Å². The Bertz CT molecular complexity index is 712. The Morgan fingerprint density at radius 2 is 1.77 bits per heavy atom. The van der Waals surface area contributed by atoms with Crippen LogP contribution in [-0.4, -0.2) is 5.71 Å². The zero-order chi connectivity index (χ0) is 16.3. The van der Waals surface area contributed by atoms with Gasteiger partial charge in [-0.15, -0.1) is 0 Å². The minimum absolute atomic E-state index is 0.132. The molecule has 2 rings (SSSR count). The maximum atomic E-state index is 12.9. The molecule has 0 saturated carbocycles. The van der Waals surface area contributed by atoms with E-state index in [1.807, 2.05) is 0 Å². The number of hydrogen-bond acceptors (Lipinski definition) is 2. The fraction of sp³-hybridized carbons (Fsp3) is 0.133. The van der Waals surface area contributed by atoms with Crippen molar-refractivity contribution in [2.24, 2.45) is 5.10 Å². The lowest BCUT2D eigenvalue weighted by molar-refractivity contribution is -0.136. The zero-order valence-electron chi connectivity index (χ0n) is 11.4. The van der Waals surface area contributed by atoms with Gasteiger partial charge in [0.1, 0.15) is 0 Å². The first-order valence-electron chi connectivity index (χ1n) is 6.21. The molecule has 2 aromatic rings. The van der Waals surface area contributed by atoms with Crippen molar-refractivity contribution >= 4 is 34.6 Å². The lowest BCUT2D eigenvalue weighted by Crippen LogP contribution is -2.09. The van der Waals surface area contributed by atoms with E-state index >= 15 is 0 Å². The van der Waals surface area contributed by atoms with Crippen molar-refractivity contribution in [3.63, 3.8) is 0 Å². The van der Waals surface area contributed by atoms with Gasteiger partial charge >= 0.3 is 6.18 Å². The van der Waals surface area contributed by atoms with Crippen LogP contribution in [0.3, 0.4) is 0 Å². The molecule has 0 saturated heterocycles. The van der Waals surface area contributed by atoms with E-state index in [4.69, 9.17) is 23.2 Å². The van der Waals surface area contributed by atoms with Crippen molar-refractivity contribution in [3.05, 3.63) is 63.6 Å². The van der Waals surface area contributed by atoms with Crippen molar-refractivity contribution in [3.8, 4) is 0 Å². The first kappa shape index (κ1) is 16.6. The molecule has 116 valence electrons. The van der Waals surface area contributed by atoms with Crippen LogP contribution in [0.5, 0.6) is 0 Å². The Labute approximate surface area is 135 Å². The molecule has 0 fully saturated rings. The van der Waals surface area contributed by atoms with Gasteiger partial charge in [-0.3, -0.25) is 5.43 Å². The first-order chi connectivity index (χ1) is 10.3. The third-order valence-corrected chi connectivity index (χ3v) is 3.46. The number of hydrogen-bond donors (Lipinski definition) is 1. The molecule has 22 heavy (non-hydrogen) atoms. The topological polar surface area (TPSA) is 24.4 Å². The minimum atomic E-state index is -4.46. The van der Waals surface area contributed by atoms with Crippen LogP contribution in [0.1, 0.15) is 18.1 Å². The molecule has 0 aromatic heterocycles. The van der Waals surface area contributed by atoms with E-state index in [0.29, 0.717) is 21.3 Å². The number of halogens is 5. The summed E-state index contributed by atoms with van der Waals surface area (Å²) in [5, 5.41) is 4.84. The smallest absolute Gasteiger partial charge is 0.278 e. The van der Waals surface area contributed by atoms with E-state index in [-0.39, 0.29) is 5.69 Å². The SMILES string of the molecule is C/C(=N/Nc1ccccc1C(F)(F)F)c1cc(Cl)ccc1Cl. The number of alkyl halides is 3. The Balaban J connectivity index is 2.31. The van der Waals surface area contributed by atoms with Crippen LogP contribution in [0.15, 0.2) is 47.6 Å². The summed E-state index contributed by atoms with van der Waals surface area (Å²) in [4.78, 5) is 0. The third kappa shape index (κ3) is 3.93. The van der Waals surface area contributed by atoms with Crippen LogP contribution < -0.4 is 5.43 Å². The van der Waals surface area contributed by atoms with Gasteiger partial charge in [-0.1, -0.05) is 35.3 Å². The molecule has 0 radical (unpaired) electrons. The molecule has 0 atom stereocenters. The summed E-state index contributed by atoms with van der Waals surface area (Å²) in [6.45, 7) is 1.63. The molecule has 0 aliphatic rings. The molecule has 0 aliphatic heterocycles. The minimum Gasteiger partial charge on any atom is -0.278 e. The Kier molecular flexibility index (Phi) is 4.98. The van der Waals surface area contributed by atoms with Crippen LogP contribution in [0.4, 0.5) is 18.9 Å². The normalized spacial score (nSPS) is 12.4. The lowest BCUT2D eigenvalue weighted by atomic mass is 10.1. The zero-order valence-corrected chi connectivity index (χ0v) is 12.9. The highest BCUT2D eigenvalue weighted by molar-refractivity contribution is 6.36. The molecule has 7 heteroatoms. The average Bonchev–Trinajstić information content (AvgIpc) is 2.46. The van der Waals surface area contributed by atoms with Crippen LogP contribution in [0.2, 0.25) is 10.0 Å². The van der Waals surface area contributed by atoms with Crippen LogP contribution in [0, 0.1) is 0 Å². The van der Waals surface area contributed by atoms with E-state index in [0.717, 1.165) is 6.07 Å². The predicted octanol–water partition coefficient (Wildman–Crippen LogP) is 5.85. The van der Waals surface area contributed by atoms with Crippen molar-refractivity contribution in [1.82, 2.24) is 0 Å². The summed E-state index contributed by atoms with van der Waals surface area (Å²) in [5.41, 5.74) is 2.48. The highest BCUT2D eigenvalue weighted by Gasteiger charge is 2.33. The third-order valence-electron chi connectivity index (χ3n) is 2.89. The standard InChI is InChI=1S/C15H11Cl2F3N2/c1-9(11-8-10(16)6-7-13(11)17)21-22-14-5-3-2-4-12(14)15(18,19)20/h2-8,22H,1H3/b21-9-. The second kappa shape index (κ2) is 6.58. The number of para-hydroxylation sites is 1. The number of hydrazone groups is 1. The second-order valence-electron chi connectivity index (χ2n) is 4.48. The van der Waals surface area contributed by atoms with Gasteiger partial charge in [0.2, 0.25) is 0 Å². The molecule has 0 unspecified atom stereocenters. The summed E-state index contributed by atoms with van der Waals surface area (Å²) < 4.78 is 38.7. The second-order valence-corrected chi connectivity index (χ2v) is 5.32. The Morgan fingerprint density at radius 1 is 1.09 bits per heavy atom. The van der Waals surface area contributed by atoms with E-state index in [9.17, 15) is 13.2 Å². The molecular weight excluding hydrogens is 336 g/mol. The summed E-state index contributed by atoms with van der Waals surface area (Å²) in [6, 6.07) is 9.92. The Morgan fingerprint density at radius 3 is 2.45 bits per heavy atom. The summed E-state index contributed by atoms with van der Waals surface area (Å²) >= 11 is 11.9. The molecule has 0 bridgehead atoms. The quantitative estimate of drug-likeness (QED) is 0.547. The molecule has 2 aromatic carbocycles. The number of nitrogens with one attached hydrogen (secondary N) is 1. The number of anilines is 1. The largest absolute Gasteiger partial charge is 0.418 e. The molecule has 0 aliphatic carbocycles. The summed E-state index contributed by atoms with van der Waals surface area (Å²) in [7, 11) is 0. The molecule has 0 heterocycles. The predicted molar refractivity (Wildman–Crippen MR) is 83.7 cm³/mol.